The number of amides is 1. The molecule has 8 nitrogen and oxygen atoms in total. The van der Waals surface area contributed by atoms with Crippen molar-refractivity contribution in [3.05, 3.63) is 96.1 Å². The molecule has 0 aliphatic rings. The third-order valence-corrected chi connectivity index (χ3v) is 4.82. The molecule has 0 aliphatic heterocycles. The second-order valence-electron chi connectivity index (χ2n) is 6.97. The molecule has 3 N–H and O–H groups in total. The molecule has 156 valence electrons. The largest absolute Gasteiger partial charge is 0.363 e. The van der Waals surface area contributed by atoms with E-state index in [0.29, 0.717) is 17.1 Å². The maximum absolute atomic E-state index is 12.7. The number of nitrogens with zero attached hydrogens (tertiary/aromatic N) is 3. The van der Waals surface area contributed by atoms with Crippen LogP contribution in [0.15, 0.2) is 83.7 Å². The number of aromatic nitrogens is 4. The molecule has 0 atom stereocenters. The highest BCUT2D eigenvalue weighted by Gasteiger charge is 2.13. The third kappa shape index (κ3) is 4.10. The Morgan fingerprint density at radius 1 is 1.00 bits per heavy atom. The molecule has 3 heterocycles. The van der Waals surface area contributed by atoms with Crippen LogP contribution in [0.1, 0.15) is 21.7 Å². The van der Waals surface area contributed by atoms with Crippen LogP contribution in [0.3, 0.4) is 0 Å². The number of para-hydroxylation sites is 1. The van der Waals surface area contributed by atoms with Crippen molar-refractivity contribution < 1.29 is 9.32 Å². The Labute approximate surface area is 183 Å². The quantitative estimate of drug-likeness (QED) is 0.351. The number of hydrogen-bond acceptors (Lipinski definition) is 6. The highest BCUT2D eigenvalue weighted by atomic mass is 16.5. The molecule has 2 aromatic carbocycles. The zero-order chi connectivity index (χ0) is 21.8. The van der Waals surface area contributed by atoms with E-state index in [-0.39, 0.29) is 5.91 Å². The third-order valence-electron chi connectivity index (χ3n) is 4.82. The zero-order valence-electron chi connectivity index (χ0n) is 16.8. The molecular weight excluding hydrogens is 404 g/mol. The summed E-state index contributed by atoms with van der Waals surface area (Å²) in [6.07, 6.45) is 7.01. The van der Waals surface area contributed by atoms with Crippen LogP contribution in [0, 0.1) is 0 Å². The Hall–Kier alpha value is -4.72. The summed E-state index contributed by atoms with van der Waals surface area (Å²) in [5.41, 5.74) is 4.54. The topological polar surface area (TPSA) is 109 Å². The maximum Gasteiger partial charge on any atom is 0.259 e. The number of H-pyrrole nitrogens is 1. The van der Waals surface area contributed by atoms with E-state index in [1.807, 2.05) is 60.7 Å². The molecule has 0 radical (unpaired) electrons. The SMILES string of the molecule is O=C(Nc1ccon1)c1ccccc1Nc1ccc2c(/C=C/c3ccccn3)n[nH]c2c1. The predicted octanol–water partition coefficient (Wildman–Crippen LogP) is 5.11. The van der Waals surface area contributed by atoms with Gasteiger partial charge in [0.1, 0.15) is 6.26 Å². The molecule has 0 fully saturated rings. The Kier molecular flexibility index (Phi) is 5.15. The standard InChI is InChI=1S/C24H18N6O2/c31-24(27-23-12-14-32-30-23)19-6-1-2-7-20(19)26-17-8-10-18-21(28-29-22(18)15-17)11-9-16-5-3-4-13-25-16/h1-15,26H,(H,28,29)(H,27,30,31)/b11-9+. The van der Waals surface area contributed by atoms with Crippen molar-refractivity contribution in [3.8, 4) is 0 Å². The van der Waals surface area contributed by atoms with E-state index < -0.39 is 0 Å². The van der Waals surface area contributed by atoms with E-state index in [1.54, 1.807) is 24.4 Å². The van der Waals surface area contributed by atoms with Crippen LogP contribution in [-0.4, -0.2) is 26.2 Å². The summed E-state index contributed by atoms with van der Waals surface area (Å²) in [5.74, 6) is 0.0709. The number of carbonyl (C=O) groups is 1. The predicted molar refractivity (Wildman–Crippen MR) is 123 cm³/mol. The van der Waals surface area contributed by atoms with E-state index >= 15 is 0 Å². The molecular formula is C24H18N6O2. The lowest BCUT2D eigenvalue weighted by Crippen LogP contribution is -2.14. The van der Waals surface area contributed by atoms with Crippen molar-refractivity contribution in [2.24, 2.45) is 0 Å². The summed E-state index contributed by atoms with van der Waals surface area (Å²) < 4.78 is 4.76. The van der Waals surface area contributed by atoms with Crippen molar-refractivity contribution in [3.63, 3.8) is 0 Å². The number of carbonyl (C=O) groups excluding carboxylic acids is 1. The molecule has 32 heavy (non-hydrogen) atoms. The summed E-state index contributed by atoms with van der Waals surface area (Å²) in [7, 11) is 0. The fraction of sp³-hybridized carbons (Fsp3) is 0. The second kappa shape index (κ2) is 8.57. The summed E-state index contributed by atoms with van der Waals surface area (Å²) >= 11 is 0. The fourth-order valence-electron chi connectivity index (χ4n) is 3.29. The Balaban J connectivity index is 1.37. The van der Waals surface area contributed by atoms with Crippen LogP contribution in [-0.2, 0) is 0 Å². The molecule has 5 rings (SSSR count). The molecule has 5 aromatic rings. The van der Waals surface area contributed by atoms with Crippen LogP contribution in [0.25, 0.3) is 23.1 Å². The maximum atomic E-state index is 12.7. The summed E-state index contributed by atoms with van der Waals surface area (Å²) in [4.78, 5) is 17.0. The average molecular weight is 422 g/mol. The van der Waals surface area contributed by atoms with E-state index in [2.05, 4.69) is 31.0 Å². The lowest BCUT2D eigenvalue weighted by atomic mass is 10.1. The van der Waals surface area contributed by atoms with Crippen molar-refractivity contribution >= 4 is 46.2 Å². The molecule has 0 spiro atoms. The Bertz CT molecular complexity index is 1390. The van der Waals surface area contributed by atoms with Crippen LogP contribution >= 0.6 is 0 Å². The van der Waals surface area contributed by atoms with Gasteiger partial charge in [-0.1, -0.05) is 23.4 Å². The highest BCUT2D eigenvalue weighted by Crippen LogP contribution is 2.26. The van der Waals surface area contributed by atoms with Gasteiger partial charge >= 0.3 is 0 Å². The Morgan fingerprint density at radius 2 is 1.91 bits per heavy atom. The van der Waals surface area contributed by atoms with Gasteiger partial charge in [0, 0.05) is 23.3 Å². The van der Waals surface area contributed by atoms with Crippen molar-refractivity contribution in [1.29, 1.82) is 0 Å². The van der Waals surface area contributed by atoms with Crippen molar-refractivity contribution in [2.45, 2.75) is 0 Å². The minimum Gasteiger partial charge on any atom is -0.363 e. The van der Waals surface area contributed by atoms with E-state index in [9.17, 15) is 4.79 Å². The molecule has 0 bridgehead atoms. The first kappa shape index (κ1) is 19.3. The van der Waals surface area contributed by atoms with Crippen molar-refractivity contribution in [1.82, 2.24) is 20.3 Å². The monoisotopic (exact) mass is 422 g/mol. The molecule has 3 aromatic heterocycles. The molecule has 8 heteroatoms. The van der Waals surface area contributed by atoms with Gasteiger partial charge in [0.2, 0.25) is 0 Å². The van der Waals surface area contributed by atoms with Gasteiger partial charge in [-0.2, -0.15) is 5.10 Å². The number of hydrogen-bond donors (Lipinski definition) is 3. The lowest BCUT2D eigenvalue weighted by Gasteiger charge is -2.11. The minimum atomic E-state index is -0.286. The lowest BCUT2D eigenvalue weighted by molar-refractivity contribution is 0.102. The van der Waals surface area contributed by atoms with Gasteiger partial charge in [0.25, 0.3) is 5.91 Å². The molecule has 0 saturated heterocycles. The highest BCUT2D eigenvalue weighted by molar-refractivity contribution is 6.08. The molecule has 0 unspecified atom stereocenters. The van der Waals surface area contributed by atoms with Crippen LogP contribution in [0.4, 0.5) is 17.2 Å². The smallest absolute Gasteiger partial charge is 0.259 e. The van der Waals surface area contributed by atoms with Gasteiger partial charge in [-0.15, -0.1) is 0 Å². The number of benzene rings is 2. The fourth-order valence-corrected chi connectivity index (χ4v) is 3.29. The molecule has 0 saturated carbocycles. The van der Waals surface area contributed by atoms with Gasteiger partial charge in [-0.05, 0) is 54.6 Å². The van der Waals surface area contributed by atoms with Crippen LogP contribution < -0.4 is 10.6 Å². The van der Waals surface area contributed by atoms with Gasteiger partial charge in [0.05, 0.1) is 28.2 Å². The molecule has 1 amide bonds. The Morgan fingerprint density at radius 3 is 2.75 bits per heavy atom. The zero-order valence-corrected chi connectivity index (χ0v) is 16.8. The number of anilines is 3. The summed E-state index contributed by atoms with van der Waals surface area (Å²) in [6, 6.07) is 20.5. The number of nitrogens with one attached hydrogen (secondary N) is 3. The van der Waals surface area contributed by atoms with E-state index in [4.69, 9.17) is 4.52 Å². The first-order valence-electron chi connectivity index (χ1n) is 9.91. The minimum absolute atomic E-state index is 0.286. The van der Waals surface area contributed by atoms with Crippen molar-refractivity contribution in [2.75, 3.05) is 10.6 Å². The first-order chi connectivity index (χ1) is 15.8. The normalized spacial score (nSPS) is 11.1. The summed E-state index contributed by atoms with van der Waals surface area (Å²) in [6.45, 7) is 0. The first-order valence-corrected chi connectivity index (χ1v) is 9.91. The van der Waals surface area contributed by atoms with Crippen LogP contribution in [0.5, 0.6) is 0 Å². The number of aromatic amines is 1. The molecule has 0 aliphatic carbocycles. The summed E-state index contributed by atoms with van der Waals surface area (Å²) in [5, 5.41) is 18.2. The second-order valence-corrected chi connectivity index (χ2v) is 6.97. The van der Waals surface area contributed by atoms with Gasteiger partial charge in [-0.3, -0.25) is 14.9 Å². The van der Waals surface area contributed by atoms with Gasteiger partial charge in [-0.25, -0.2) is 0 Å². The average Bonchev–Trinajstić information content (AvgIpc) is 3.48. The van der Waals surface area contributed by atoms with E-state index in [1.165, 1.54) is 6.26 Å². The number of pyridine rings is 1. The van der Waals surface area contributed by atoms with Gasteiger partial charge in [0.15, 0.2) is 5.82 Å². The van der Waals surface area contributed by atoms with Gasteiger partial charge < -0.3 is 15.2 Å². The number of rotatable bonds is 6. The van der Waals surface area contributed by atoms with Crippen LogP contribution in [0.2, 0.25) is 0 Å². The van der Waals surface area contributed by atoms with E-state index in [0.717, 1.165) is 28.0 Å². The number of fused-ring (bicyclic) bond motifs is 1.